The van der Waals surface area contributed by atoms with Crippen LogP contribution in [0, 0.1) is 20.2 Å². The molecule has 0 saturated heterocycles. The second-order valence-electron chi connectivity index (χ2n) is 6.67. The lowest BCUT2D eigenvalue weighted by Gasteiger charge is -2.17. The summed E-state index contributed by atoms with van der Waals surface area (Å²) in [5.74, 6) is 0. The van der Waals surface area contributed by atoms with E-state index in [0.717, 1.165) is 0 Å². The maximum atomic E-state index is 13.7. The molecule has 0 radical (unpaired) electrons. The lowest BCUT2D eigenvalue weighted by molar-refractivity contribution is -0.388. The van der Waals surface area contributed by atoms with Gasteiger partial charge in [0.15, 0.2) is 0 Å². The second-order valence-corrected chi connectivity index (χ2v) is 13.7. The van der Waals surface area contributed by atoms with Crippen LogP contribution < -0.4 is 0 Å². The van der Waals surface area contributed by atoms with Crippen LogP contribution in [0.25, 0.3) is 0 Å². The Labute approximate surface area is 226 Å². The molecule has 0 N–H and O–H groups in total. The van der Waals surface area contributed by atoms with Crippen molar-refractivity contribution in [2.45, 2.75) is 41.4 Å². The number of halogens is 8. The Morgan fingerprint density at radius 3 is 1.24 bits per heavy atom. The molecule has 2 atom stereocenters. The fraction of sp³-hybridized carbons (Fsp3) is 0.250. The molecular weight excluding hydrogens is 661 g/mol. The fourth-order valence-electron chi connectivity index (χ4n) is 2.39. The minimum atomic E-state index is -5.84. The van der Waals surface area contributed by atoms with E-state index >= 15 is 0 Å². The van der Waals surface area contributed by atoms with E-state index in [1.165, 1.54) is 0 Å². The Morgan fingerprint density at radius 1 is 0.711 bits per heavy atom. The van der Waals surface area contributed by atoms with Crippen molar-refractivity contribution in [2.75, 3.05) is 0 Å². The summed E-state index contributed by atoms with van der Waals surface area (Å²) < 4.78 is 129. The number of hydrogen-bond acceptors (Lipinski definition) is 10. The predicted octanol–water partition coefficient (Wildman–Crippen LogP) is 6.10. The van der Waals surface area contributed by atoms with Gasteiger partial charge in [-0.3, -0.25) is 20.2 Å². The maximum absolute atomic E-state index is 13.7. The lowest BCUT2D eigenvalue weighted by Crippen LogP contribution is -2.36. The molecule has 0 saturated carbocycles. The summed E-state index contributed by atoms with van der Waals surface area (Å²) in [6, 6.07) is 2.52. The van der Waals surface area contributed by atoms with Gasteiger partial charge in [-0.2, -0.15) is 17.6 Å². The van der Waals surface area contributed by atoms with Crippen LogP contribution in [0.2, 0.25) is 0 Å². The van der Waals surface area contributed by atoms with E-state index in [2.05, 4.69) is 23.2 Å². The normalized spacial score (nSPS) is 14.6. The van der Waals surface area contributed by atoms with E-state index in [0.29, 0.717) is 45.9 Å². The highest BCUT2D eigenvalue weighted by molar-refractivity contribution is 8.76. The number of benzene rings is 2. The molecule has 0 bridgehead atoms. The Kier molecular flexibility index (Phi) is 9.53. The molecule has 0 spiro atoms. The van der Waals surface area contributed by atoms with Crippen LogP contribution in [0.1, 0.15) is 0 Å². The van der Waals surface area contributed by atoms with Crippen LogP contribution in [0.4, 0.5) is 37.7 Å². The van der Waals surface area contributed by atoms with Crippen molar-refractivity contribution in [1.82, 2.24) is 0 Å². The standard InChI is InChI=1S/C16H8Cl2F6N2O8S4/c17-13(19)15(21,22)37(31,32)7-1-3-11(9(5-7)25(27)28)35-36-12-4-2-8(6-10(12)26(29)30)38(33,34)16(23,24)14(18)20/h1-6,13-14H/t13-,14+. The van der Waals surface area contributed by atoms with E-state index in [1.54, 1.807) is 0 Å². The van der Waals surface area contributed by atoms with Crippen LogP contribution in [-0.2, 0) is 19.7 Å². The average Bonchev–Trinajstić information content (AvgIpc) is 2.81. The minimum Gasteiger partial charge on any atom is -0.258 e. The molecule has 0 aliphatic heterocycles. The Bertz CT molecular complexity index is 1380. The zero-order chi connectivity index (χ0) is 29.4. The van der Waals surface area contributed by atoms with Gasteiger partial charge < -0.3 is 0 Å². The third-order valence-corrected chi connectivity index (χ3v) is 11.2. The summed E-state index contributed by atoms with van der Waals surface area (Å²) in [4.78, 5) is 16.7. The average molecular weight is 669 g/mol. The molecule has 2 rings (SSSR count). The van der Waals surface area contributed by atoms with Gasteiger partial charge in [0.1, 0.15) is 0 Å². The van der Waals surface area contributed by atoms with Crippen molar-refractivity contribution < 1.29 is 53.0 Å². The number of alkyl halides is 8. The zero-order valence-electron chi connectivity index (χ0n) is 17.4. The van der Waals surface area contributed by atoms with Crippen LogP contribution >= 0.6 is 44.8 Å². The van der Waals surface area contributed by atoms with Gasteiger partial charge in [0.25, 0.3) is 22.6 Å². The van der Waals surface area contributed by atoms with Crippen molar-refractivity contribution in [3.63, 3.8) is 0 Å². The van der Waals surface area contributed by atoms with E-state index in [9.17, 15) is 63.4 Å². The number of nitro groups is 2. The number of rotatable bonds is 11. The van der Waals surface area contributed by atoms with Gasteiger partial charge in [0.2, 0.25) is 19.7 Å². The van der Waals surface area contributed by atoms with Gasteiger partial charge >= 0.3 is 10.5 Å². The van der Waals surface area contributed by atoms with Crippen molar-refractivity contribution in [2.24, 2.45) is 0 Å². The fourth-order valence-corrected chi connectivity index (χ4v) is 7.47. The zero-order valence-corrected chi connectivity index (χ0v) is 22.2. The number of nitrogens with zero attached hydrogens (tertiary/aromatic N) is 2. The van der Waals surface area contributed by atoms with Crippen molar-refractivity contribution >= 4 is 75.8 Å². The van der Waals surface area contributed by atoms with Gasteiger partial charge in [0, 0.05) is 12.1 Å². The Morgan fingerprint density at radius 2 is 1.00 bits per heavy atom. The smallest absolute Gasteiger partial charge is 0.258 e. The van der Waals surface area contributed by atoms with E-state index in [1.807, 2.05) is 0 Å². The van der Waals surface area contributed by atoms with Gasteiger partial charge in [-0.1, -0.05) is 23.2 Å². The molecule has 0 aromatic heterocycles. The molecule has 0 amide bonds. The summed E-state index contributed by atoms with van der Waals surface area (Å²) in [5, 5.41) is 12.5. The molecule has 0 fully saturated rings. The highest BCUT2D eigenvalue weighted by Crippen LogP contribution is 2.47. The van der Waals surface area contributed by atoms with Gasteiger partial charge in [-0.25, -0.2) is 25.6 Å². The van der Waals surface area contributed by atoms with Gasteiger partial charge in [-0.05, 0) is 45.9 Å². The van der Waals surface area contributed by atoms with Crippen LogP contribution in [-0.4, -0.2) is 48.5 Å². The molecule has 2 aromatic carbocycles. The van der Waals surface area contributed by atoms with Gasteiger partial charge in [0.05, 0.1) is 29.4 Å². The SMILES string of the molecule is O=[N+]([O-])c1cc(S(=O)(=O)C(F)(F)[C@H](F)Cl)ccc1SSc1ccc(S(=O)(=O)C(F)(F)[C@@H](F)Cl)cc1[N+](=O)[O-]. The summed E-state index contributed by atoms with van der Waals surface area (Å²) in [7, 11) is -11.0. The molecule has 0 aliphatic carbocycles. The molecular formula is C16H8Cl2F6N2O8S4. The maximum Gasteiger partial charge on any atom is 0.393 e. The summed E-state index contributed by atoms with van der Waals surface area (Å²) >= 11 is 9.16. The molecule has 22 heteroatoms. The topological polar surface area (TPSA) is 155 Å². The molecule has 10 nitrogen and oxygen atoms in total. The van der Waals surface area contributed by atoms with Crippen LogP contribution in [0.15, 0.2) is 56.0 Å². The molecule has 210 valence electrons. The first-order chi connectivity index (χ1) is 17.2. The molecule has 2 aromatic rings. The van der Waals surface area contributed by atoms with E-state index in [4.69, 9.17) is 0 Å². The molecule has 38 heavy (non-hydrogen) atoms. The lowest BCUT2D eigenvalue weighted by atomic mass is 10.3. The Hall–Kier alpha value is -2.00. The summed E-state index contributed by atoms with van der Waals surface area (Å²) in [6.07, 6.45) is 0. The first-order valence-electron chi connectivity index (χ1n) is 8.92. The first-order valence-corrected chi connectivity index (χ1v) is 14.9. The largest absolute Gasteiger partial charge is 0.393 e. The van der Waals surface area contributed by atoms with Crippen LogP contribution in [0.3, 0.4) is 0 Å². The third kappa shape index (κ3) is 5.93. The number of hydrogen-bond donors (Lipinski definition) is 0. The molecule has 0 aliphatic rings. The molecule has 0 heterocycles. The summed E-state index contributed by atoms with van der Waals surface area (Å²) in [5.41, 5.74) is -9.60. The number of sulfone groups is 2. The second kappa shape index (κ2) is 11.2. The van der Waals surface area contributed by atoms with Crippen molar-refractivity contribution in [1.29, 1.82) is 0 Å². The van der Waals surface area contributed by atoms with Crippen LogP contribution in [0.5, 0.6) is 0 Å². The highest BCUT2D eigenvalue weighted by atomic mass is 35.5. The monoisotopic (exact) mass is 668 g/mol. The number of nitro benzene ring substituents is 2. The Balaban J connectivity index is 2.49. The highest BCUT2D eigenvalue weighted by Gasteiger charge is 2.54. The third-order valence-electron chi connectivity index (χ3n) is 4.32. The van der Waals surface area contributed by atoms with Crippen molar-refractivity contribution in [3.05, 3.63) is 56.6 Å². The molecule has 0 unspecified atom stereocenters. The van der Waals surface area contributed by atoms with Crippen molar-refractivity contribution in [3.8, 4) is 0 Å². The quantitative estimate of drug-likeness (QED) is 0.0901. The van der Waals surface area contributed by atoms with E-state index in [-0.39, 0.29) is 12.1 Å². The van der Waals surface area contributed by atoms with E-state index < -0.39 is 82.2 Å². The summed E-state index contributed by atoms with van der Waals surface area (Å²) in [6.45, 7) is 0. The minimum absolute atomic E-state index is 0.164. The first kappa shape index (κ1) is 32.2. The van der Waals surface area contributed by atoms with Gasteiger partial charge in [-0.15, -0.1) is 0 Å². The predicted molar refractivity (Wildman–Crippen MR) is 124 cm³/mol.